The molecule has 0 aromatic rings. The van der Waals surface area contributed by atoms with Crippen LogP contribution < -0.4 is 10.0 Å². The lowest BCUT2D eigenvalue weighted by Crippen LogP contribution is -2.46. The normalized spacial score (nSPS) is 24.5. The third-order valence-electron chi connectivity index (χ3n) is 2.12. The summed E-state index contributed by atoms with van der Waals surface area (Å²) in [5.41, 5.74) is 0. The van der Waals surface area contributed by atoms with Crippen LogP contribution in [0.25, 0.3) is 0 Å². The number of hydrogen-bond acceptors (Lipinski definition) is 3. The zero-order chi connectivity index (χ0) is 9.73. The van der Waals surface area contributed by atoms with Gasteiger partial charge in [-0.05, 0) is 25.8 Å². The van der Waals surface area contributed by atoms with Gasteiger partial charge in [-0.2, -0.15) is 0 Å². The molecule has 2 N–H and O–H groups in total. The van der Waals surface area contributed by atoms with Crippen LogP contribution in [0.15, 0.2) is 0 Å². The van der Waals surface area contributed by atoms with Gasteiger partial charge in [-0.3, -0.25) is 0 Å². The molecule has 13 heavy (non-hydrogen) atoms. The van der Waals surface area contributed by atoms with E-state index in [1.54, 1.807) is 0 Å². The highest BCUT2D eigenvalue weighted by Crippen LogP contribution is 2.03. The minimum Gasteiger partial charge on any atom is -0.315 e. The summed E-state index contributed by atoms with van der Waals surface area (Å²) in [7, 11) is -3.02. The van der Waals surface area contributed by atoms with Gasteiger partial charge in [-0.25, -0.2) is 13.1 Å². The molecule has 0 radical (unpaired) electrons. The molecule has 1 rings (SSSR count). The molecule has 0 aromatic heterocycles. The monoisotopic (exact) mass is 206 g/mol. The average molecular weight is 206 g/mol. The second-order valence-corrected chi connectivity index (χ2v) is 5.35. The van der Waals surface area contributed by atoms with Gasteiger partial charge in [-0.1, -0.05) is 6.92 Å². The minimum atomic E-state index is -3.02. The third-order valence-corrected chi connectivity index (χ3v) is 3.75. The molecule has 5 heteroatoms. The molecule has 0 saturated carbocycles. The van der Waals surface area contributed by atoms with Crippen molar-refractivity contribution in [3.05, 3.63) is 0 Å². The molecule has 0 spiro atoms. The quantitative estimate of drug-likeness (QED) is 0.684. The van der Waals surface area contributed by atoms with Crippen LogP contribution in [-0.4, -0.2) is 33.3 Å². The largest absolute Gasteiger partial charge is 0.315 e. The number of hydrogen-bond donors (Lipinski definition) is 2. The number of piperidine rings is 1. The molecule has 1 aliphatic rings. The van der Waals surface area contributed by atoms with Gasteiger partial charge in [0.15, 0.2) is 0 Å². The second-order valence-electron chi connectivity index (χ2n) is 3.48. The molecule has 0 aromatic carbocycles. The maximum atomic E-state index is 11.4. The maximum Gasteiger partial charge on any atom is 0.211 e. The number of sulfonamides is 1. The van der Waals surface area contributed by atoms with Gasteiger partial charge in [-0.15, -0.1) is 0 Å². The van der Waals surface area contributed by atoms with E-state index in [4.69, 9.17) is 0 Å². The van der Waals surface area contributed by atoms with Crippen molar-refractivity contribution in [3.63, 3.8) is 0 Å². The molecule has 0 amide bonds. The first-order chi connectivity index (χ1) is 6.14. The molecule has 1 heterocycles. The Bertz CT molecular complexity index is 233. The summed E-state index contributed by atoms with van der Waals surface area (Å²) < 4.78 is 25.4. The van der Waals surface area contributed by atoms with E-state index in [9.17, 15) is 8.42 Å². The van der Waals surface area contributed by atoms with Gasteiger partial charge in [0.05, 0.1) is 5.75 Å². The first kappa shape index (κ1) is 10.9. The summed E-state index contributed by atoms with van der Waals surface area (Å²) >= 11 is 0. The molecule has 1 saturated heterocycles. The predicted octanol–water partition coefficient (Wildman–Crippen LogP) is 0.0678. The van der Waals surface area contributed by atoms with E-state index in [-0.39, 0.29) is 11.8 Å². The third kappa shape index (κ3) is 4.06. The number of rotatable bonds is 4. The fourth-order valence-electron chi connectivity index (χ4n) is 1.53. The Balaban J connectivity index is 2.37. The topological polar surface area (TPSA) is 58.2 Å². The van der Waals surface area contributed by atoms with E-state index in [0.29, 0.717) is 6.42 Å². The smallest absolute Gasteiger partial charge is 0.211 e. The first-order valence-electron chi connectivity index (χ1n) is 4.85. The van der Waals surface area contributed by atoms with E-state index in [1.165, 1.54) is 0 Å². The van der Waals surface area contributed by atoms with Crippen molar-refractivity contribution in [3.8, 4) is 0 Å². The van der Waals surface area contributed by atoms with Crippen LogP contribution in [0, 0.1) is 0 Å². The van der Waals surface area contributed by atoms with E-state index >= 15 is 0 Å². The Hall–Kier alpha value is -0.130. The fourth-order valence-corrected chi connectivity index (χ4v) is 2.90. The van der Waals surface area contributed by atoms with Crippen LogP contribution in [0.4, 0.5) is 0 Å². The Kier molecular flexibility index (Phi) is 4.15. The van der Waals surface area contributed by atoms with E-state index in [1.807, 2.05) is 6.92 Å². The van der Waals surface area contributed by atoms with Gasteiger partial charge in [0, 0.05) is 12.6 Å². The van der Waals surface area contributed by atoms with Gasteiger partial charge in [0.2, 0.25) is 10.0 Å². The molecule has 1 aliphatic heterocycles. The summed E-state index contributed by atoms with van der Waals surface area (Å²) in [5.74, 6) is 0.240. The van der Waals surface area contributed by atoms with Gasteiger partial charge in [0.1, 0.15) is 0 Å². The minimum absolute atomic E-state index is 0.102. The zero-order valence-corrected chi connectivity index (χ0v) is 8.86. The van der Waals surface area contributed by atoms with Crippen LogP contribution in [0.2, 0.25) is 0 Å². The van der Waals surface area contributed by atoms with Crippen LogP contribution in [0.1, 0.15) is 26.2 Å². The van der Waals surface area contributed by atoms with Gasteiger partial charge < -0.3 is 5.32 Å². The lowest BCUT2D eigenvalue weighted by atomic mass is 10.1. The summed E-state index contributed by atoms with van der Waals surface area (Å²) in [4.78, 5) is 0. The molecule has 1 atom stereocenters. The van der Waals surface area contributed by atoms with Crippen molar-refractivity contribution in [1.29, 1.82) is 0 Å². The fraction of sp³-hybridized carbons (Fsp3) is 1.00. The molecule has 0 unspecified atom stereocenters. The molecular formula is C8H18N2O2S. The van der Waals surface area contributed by atoms with E-state index in [2.05, 4.69) is 10.0 Å². The summed E-state index contributed by atoms with van der Waals surface area (Å²) in [6.07, 6.45) is 2.69. The zero-order valence-electron chi connectivity index (χ0n) is 8.04. The van der Waals surface area contributed by atoms with Gasteiger partial charge >= 0.3 is 0 Å². The van der Waals surface area contributed by atoms with Crippen LogP contribution in [0.3, 0.4) is 0 Å². The van der Waals surface area contributed by atoms with Gasteiger partial charge in [0.25, 0.3) is 0 Å². The number of nitrogens with one attached hydrogen (secondary N) is 2. The Morgan fingerprint density at radius 2 is 2.31 bits per heavy atom. The van der Waals surface area contributed by atoms with Crippen LogP contribution in [0.5, 0.6) is 0 Å². The SMILES string of the molecule is CCCS(=O)(=O)N[C@@H]1CCCNC1. The molecule has 78 valence electrons. The lowest BCUT2D eigenvalue weighted by Gasteiger charge is -2.23. The second kappa shape index (κ2) is 4.93. The van der Waals surface area contributed by atoms with Crippen LogP contribution in [-0.2, 0) is 10.0 Å². The average Bonchev–Trinajstić information content (AvgIpc) is 2.04. The highest BCUT2D eigenvalue weighted by atomic mass is 32.2. The van der Waals surface area contributed by atoms with Crippen molar-refractivity contribution < 1.29 is 8.42 Å². The summed E-state index contributed by atoms with van der Waals surface area (Å²) in [6, 6.07) is 0.102. The Morgan fingerprint density at radius 1 is 1.54 bits per heavy atom. The molecule has 1 fully saturated rings. The highest BCUT2D eigenvalue weighted by molar-refractivity contribution is 7.89. The summed E-state index contributed by atoms with van der Waals surface area (Å²) in [5, 5.41) is 3.17. The molecule has 0 bridgehead atoms. The van der Waals surface area contributed by atoms with Crippen LogP contribution >= 0.6 is 0 Å². The summed E-state index contributed by atoms with van der Waals surface area (Å²) in [6.45, 7) is 3.65. The first-order valence-corrected chi connectivity index (χ1v) is 6.50. The van der Waals surface area contributed by atoms with Crippen molar-refractivity contribution in [1.82, 2.24) is 10.0 Å². The standard InChI is InChI=1S/C8H18N2O2S/c1-2-6-13(11,12)10-8-4-3-5-9-7-8/h8-10H,2-7H2,1H3/t8-/m1/s1. The van der Waals surface area contributed by atoms with Crippen molar-refractivity contribution >= 4 is 10.0 Å². The van der Waals surface area contributed by atoms with Crippen molar-refractivity contribution in [2.24, 2.45) is 0 Å². The Morgan fingerprint density at radius 3 is 2.85 bits per heavy atom. The van der Waals surface area contributed by atoms with E-state index in [0.717, 1.165) is 25.9 Å². The van der Waals surface area contributed by atoms with Crippen molar-refractivity contribution in [2.75, 3.05) is 18.8 Å². The Labute approximate surface area is 80.1 Å². The molecule has 0 aliphatic carbocycles. The van der Waals surface area contributed by atoms with Crippen molar-refractivity contribution in [2.45, 2.75) is 32.2 Å². The highest BCUT2D eigenvalue weighted by Gasteiger charge is 2.18. The van der Waals surface area contributed by atoms with E-state index < -0.39 is 10.0 Å². The molecule has 4 nitrogen and oxygen atoms in total. The maximum absolute atomic E-state index is 11.4. The lowest BCUT2D eigenvalue weighted by molar-refractivity contribution is 0.428. The molecular weight excluding hydrogens is 188 g/mol. The predicted molar refractivity (Wildman–Crippen MR) is 53.1 cm³/mol.